The fourth-order valence-corrected chi connectivity index (χ4v) is 3.48. The van der Waals surface area contributed by atoms with Gasteiger partial charge in [0, 0.05) is 5.56 Å². The number of methoxy groups -OCH3 is 1. The molecule has 0 bridgehead atoms. The van der Waals surface area contributed by atoms with Crippen molar-refractivity contribution in [1.29, 1.82) is 0 Å². The van der Waals surface area contributed by atoms with E-state index in [2.05, 4.69) is 43.1 Å². The van der Waals surface area contributed by atoms with Crippen molar-refractivity contribution in [3.05, 3.63) is 65.7 Å². The van der Waals surface area contributed by atoms with Gasteiger partial charge in [-0.15, -0.1) is 10.2 Å². The van der Waals surface area contributed by atoms with E-state index >= 15 is 0 Å². The summed E-state index contributed by atoms with van der Waals surface area (Å²) in [6.07, 6.45) is 0. The average molecular weight is 382 g/mol. The summed E-state index contributed by atoms with van der Waals surface area (Å²) in [7, 11) is 1.37. The largest absolute Gasteiger partial charge is 0.468 e. The fourth-order valence-electron chi connectivity index (χ4n) is 2.57. The summed E-state index contributed by atoms with van der Waals surface area (Å²) in [6, 6.07) is 17.5. The second kappa shape index (κ2) is 7.96. The van der Waals surface area contributed by atoms with E-state index in [1.807, 2.05) is 42.5 Å². The Balaban J connectivity index is 1.81. The molecule has 1 heterocycles. The van der Waals surface area contributed by atoms with Crippen molar-refractivity contribution in [3.8, 4) is 11.5 Å². The van der Waals surface area contributed by atoms with Gasteiger partial charge in [0.1, 0.15) is 5.25 Å². The molecule has 0 amide bonds. The number of rotatable bonds is 5. The van der Waals surface area contributed by atoms with Gasteiger partial charge < -0.3 is 9.15 Å². The van der Waals surface area contributed by atoms with E-state index in [1.165, 1.54) is 24.4 Å². The molecule has 140 valence electrons. The van der Waals surface area contributed by atoms with Crippen molar-refractivity contribution in [2.45, 2.75) is 36.7 Å². The maximum atomic E-state index is 12.2. The van der Waals surface area contributed by atoms with Gasteiger partial charge in [0.25, 0.3) is 5.22 Å². The highest BCUT2D eigenvalue weighted by Gasteiger charge is 2.25. The Labute approximate surface area is 163 Å². The third kappa shape index (κ3) is 4.57. The lowest BCUT2D eigenvalue weighted by atomic mass is 9.87. The van der Waals surface area contributed by atoms with Crippen LogP contribution in [0.4, 0.5) is 0 Å². The smallest absolute Gasteiger partial charge is 0.323 e. The van der Waals surface area contributed by atoms with E-state index in [0.29, 0.717) is 11.1 Å². The number of benzene rings is 2. The van der Waals surface area contributed by atoms with Crippen LogP contribution in [0.2, 0.25) is 0 Å². The summed E-state index contributed by atoms with van der Waals surface area (Å²) >= 11 is 1.18. The number of hydrogen-bond donors (Lipinski definition) is 0. The molecule has 1 atom stereocenters. The van der Waals surface area contributed by atoms with Gasteiger partial charge in [0.15, 0.2) is 0 Å². The van der Waals surface area contributed by atoms with Gasteiger partial charge >= 0.3 is 5.97 Å². The lowest BCUT2D eigenvalue weighted by Crippen LogP contribution is -2.11. The van der Waals surface area contributed by atoms with Crippen LogP contribution in [0.3, 0.4) is 0 Å². The number of nitrogens with zero attached hydrogens (tertiary/aromatic N) is 2. The number of esters is 1. The highest BCUT2D eigenvalue weighted by Crippen LogP contribution is 2.36. The SMILES string of the molecule is COC(=O)C(Sc1nnc(-c2ccc(C(C)(C)C)cc2)o1)c1ccccc1. The van der Waals surface area contributed by atoms with Gasteiger partial charge in [-0.1, -0.05) is 63.2 Å². The first-order valence-corrected chi connectivity index (χ1v) is 9.50. The van der Waals surface area contributed by atoms with Crippen LogP contribution in [-0.4, -0.2) is 23.3 Å². The summed E-state index contributed by atoms with van der Waals surface area (Å²) in [4.78, 5) is 12.2. The number of aromatic nitrogens is 2. The number of ether oxygens (including phenoxy) is 1. The van der Waals surface area contributed by atoms with Gasteiger partial charge in [-0.2, -0.15) is 0 Å². The Kier molecular flexibility index (Phi) is 5.65. The first-order valence-electron chi connectivity index (χ1n) is 8.62. The molecule has 0 saturated carbocycles. The molecule has 0 radical (unpaired) electrons. The Morgan fingerprint density at radius 1 is 1.04 bits per heavy atom. The van der Waals surface area contributed by atoms with Crippen LogP contribution >= 0.6 is 11.8 Å². The van der Waals surface area contributed by atoms with E-state index < -0.39 is 5.25 Å². The van der Waals surface area contributed by atoms with E-state index in [0.717, 1.165) is 11.1 Å². The molecule has 6 heteroatoms. The molecule has 0 spiro atoms. The molecular weight excluding hydrogens is 360 g/mol. The first kappa shape index (κ1) is 19.2. The van der Waals surface area contributed by atoms with E-state index in [4.69, 9.17) is 9.15 Å². The quantitative estimate of drug-likeness (QED) is 0.455. The van der Waals surface area contributed by atoms with Crippen LogP contribution in [0, 0.1) is 0 Å². The number of carbonyl (C=O) groups is 1. The first-order chi connectivity index (χ1) is 12.9. The lowest BCUT2D eigenvalue weighted by molar-refractivity contribution is -0.140. The van der Waals surface area contributed by atoms with Crippen LogP contribution in [0.25, 0.3) is 11.5 Å². The molecule has 1 unspecified atom stereocenters. The number of hydrogen-bond acceptors (Lipinski definition) is 6. The maximum Gasteiger partial charge on any atom is 0.323 e. The Hall–Kier alpha value is -2.60. The van der Waals surface area contributed by atoms with Crippen molar-refractivity contribution in [2.24, 2.45) is 0 Å². The lowest BCUT2D eigenvalue weighted by Gasteiger charge is -2.18. The molecule has 3 aromatic rings. The van der Waals surface area contributed by atoms with Crippen LogP contribution in [-0.2, 0) is 14.9 Å². The summed E-state index contributed by atoms with van der Waals surface area (Å²) in [6.45, 7) is 6.50. The minimum absolute atomic E-state index is 0.0812. The Morgan fingerprint density at radius 2 is 1.70 bits per heavy atom. The van der Waals surface area contributed by atoms with Crippen LogP contribution < -0.4 is 0 Å². The molecule has 0 saturated heterocycles. The number of thioether (sulfide) groups is 1. The predicted molar refractivity (Wildman–Crippen MR) is 105 cm³/mol. The molecular formula is C21H22N2O3S. The molecule has 0 aliphatic carbocycles. The normalized spacial score (nSPS) is 12.6. The van der Waals surface area contributed by atoms with Crippen LogP contribution in [0.5, 0.6) is 0 Å². The molecule has 0 aliphatic rings. The van der Waals surface area contributed by atoms with Crippen molar-refractivity contribution in [1.82, 2.24) is 10.2 Å². The average Bonchev–Trinajstić information content (AvgIpc) is 3.14. The minimum atomic E-state index is -0.562. The van der Waals surface area contributed by atoms with Gasteiger partial charge in [-0.3, -0.25) is 4.79 Å². The molecule has 3 rings (SSSR count). The van der Waals surface area contributed by atoms with Gasteiger partial charge in [0.2, 0.25) is 5.89 Å². The molecule has 1 aromatic heterocycles. The predicted octanol–water partition coefficient (Wildman–Crippen LogP) is 5.04. The standard InChI is InChI=1S/C21H22N2O3S/c1-21(2,3)16-12-10-15(11-13-16)18-22-23-20(26-18)27-17(19(24)25-4)14-8-6-5-7-9-14/h5-13,17H,1-4H3. The molecule has 2 aromatic carbocycles. The zero-order valence-electron chi connectivity index (χ0n) is 15.8. The molecule has 27 heavy (non-hydrogen) atoms. The summed E-state index contributed by atoms with van der Waals surface area (Å²) in [5.41, 5.74) is 2.98. The van der Waals surface area contributed by atoms with Crippen molar-refractivity contribution in [2.75, 3.05) is 7.11 Å². The van der Waals surface area contributed by atoms with Crippen LogP contribution in [0.15, 0.2) is 64.2 Å². The highest BCUT2D eigenvalue weighted by atomic mass is 32.2. The van der Waals surface area contributed by atoms with E-state index in [1.54, 1.807) is 0 Å². The summed E-state index contributed by atoms with van der Waals surface area (Å²) in [5, 5.41) is 7.97. The van der Waals surface area contributed by atoms with Gasteiger partial charge in [-0.05, 0) is 40.4 Å². The fraction of sp³-hybridized carbons (Fsp3) is 0.286. The van der Waals surface area contributed by atoms with E-state index in [9.17, 15) is 4.79 Å². The molecule has 5 nitrogen and oxygen atoms in total. The van der Waals surface area contributed by atoms with E-state index in [-0.39, 0.29) is 11.4 Å². The zero-order valence-corrected chi connectivity index (χ0v) is 16.6. The summed E-state index contributed by atoms with van der Waals surface area (Å²) < 4.78 is 10.7. The third-order valence-corrected chi connectivity index (χ3v) is 5.21. The maximum absolute atomic E-state index is 12.2. The van der Waals surface area contributed by atoms with Gasteiger partial charge in [0.05, 0.1) is 7.11 Å². The Morgan fingerprint density at radius 3 is 2.30 bits per heavy atom. The van der Waals surface area contributed by atoms with Gasteiger partial charge in [-0.25, -0.2) is 0 Å². The van der Waals surface area contributed by atoms with Crippen molar-refractivity contribution in [3.63, 3.8) is 0 Å². The number of carbonyl (C=O) groups excluding carboxylic acids is 1. The minimum Gasteiger partial charge on any atom is -0.468 e. The molecule has 0 fully saturated rings. The molecule has 0 N–H and O–H groups in total. The Bertz CT molecular complexity index is 899. The topological polar surface area (TPSA) is 65.2 Å². The second-order valence-corrected chi connectivity index (χ2v) is 8.19. The monoisotopic (exact) mass is 382 g/mol. The highest BCUT2D eigenvalue weighted by molar-refractivity contribution is 8.00. The van der Waals surface area contributed by atoms with Crippen molar-refractivity contribution >= 4 is 17.7 Å². The third-order valence-electron chi connectivity index (χ3n) is 4.14. The molecule has 0 aliphatic heterocycles. The summed E-state index contributed by atoms with van der Waals surface area (Å²) in [5.74, 6) is 0.0649. The second-order valence-electron chi connectivity index (χ2n) is 7.13. The van der Waals surface area contributed by atoms with Crippen LogP contribution in [0.1, 0.15) is 37.1 Å². The van der Waals surface area contributed by atoms with Crippen molar-refractivity contribution < 1.29 is 13.9 Å². The zero-order chi connectivity index (χ0) is 19.4.